The fraction of sp³-hybridized carbons (Fsp3) is 0.857. The lowest BCUT2D eigenvalue weighted by molar-refractivity contribution is -0.144. The number of hydrogen-bond acceptors (Lipinski definition) is 5. The van der Waals surface area contributed by atoms with Crippen LogP contribution in [-0.4, -0.2) is 31.7 Å². The van der Waals surface area contributed by atoms with E-state index in [1.165, 1.54) is 0 Å². The van der Waals surface area contributed by atoms with E-state index in [-0.39, 0.29) is 17.4 Å². The van der Waals surface area contributed by atoms with Gasteiger partial charge in [-0.3, -0.25) is 4.79 Å². The third-order valence-corrected chi connectivity index (χ3v) is 5.25. The van der Waals surface area contributed by atoms with Gasteiger partial charge in [0.05, 0.1) is 11.6 Å². The van der Waals surface area contributed by atoms with Gasteiger partial charge in [-0.05, 0) is 33.1 Å². The van der Waals surface area contributed by atoms with Crippen LogP contribution in [0.25, 0.3) is 0 Å². The van der Waals surface area contributed by atoms with E-state index in [0.717, 1.165) is 18.6 Å². The Morgan fingerprint density at radius 1 is 1.41 bits per heavy atom. The van der Waals surface area contributed by atoms with Crippen molar-refractivity contribution in [2.75, 3.05) is 0 Å². The molecule has 126 valence electrons. The number of hydrogen-bond donors (Lipinski definition) is 2. The predicted octanol–water partition coefficient (Wildman–Crippen LogP) is 1.32. The highest BCUT2D eigenvalue weighted by Gasteiger charge is 2.59. The Labute approximate surface area is 132 Å². The maximum absolute atomic E-state index is 12.6. The average Bonchev–Trinajstić information content (AvgIpc) is 2.81. The van der Waals surface area contributed by atoms with Crippen LogP contribution >= 0.6 is 0 Å². The SMILES string of the molecule is CC(C)NS(=O)(=O)NC(=O)C12CCCC1C(C(C)(C)C)=NO2. The summed E-state index contributed by atoms with van der Waals surface area (Å²) < 4.78 is 28.3. The van der Waals surface area contributed by atoms with Crippen LogP contribution in [0.1, 0.15) is 53.9 Å². The summed E-state index contributed by atoms with van der Waals surface area (Å²) >= 11 is 0. The Bertz CT molecular complexity index is 592. The summed E-state index contributed by atoms with van der Waals surface area (Å²) in [6.07, 6.45) is 2.07. The Morgan fingerprint density at radius 3 is 2.59 bits per heavy atom. The van der Waals surface area contributed by atoms with E-state index < -0.39 is 21.7 Å². The lowest BCUT2D eigenvalue weighted by atomic mass is 9.76. The number of rotatable bonds is 4. The molecule has 7 nitrogen and oxygen atoms in total. The average molecular weight is 331 g/mol. The van der Waals surface area contributed by atoms with E-state index in [1.807, 2.05) is 20.8 Å². The van der Waals surface area contributed by atoms with Crippen LogP contribution in [0.4, 0.5) is 0 Å². The molecule has 2 N–H and O–H groups in total. The number of nitrogens with zero attached hydrogens (tertiary/aromatic N) is 1. The fourth-order valence-electron chi connectivity index (χ4n) is 3.16. The molecular weight excluding hydrogens is 306 g/mol. The van der Waals surface area contributed by atoms with Crippen LogP contribution in [0.5, 0.6) is 0 Å². The second-order valence-electron chi connectivity index (χ2n) is 7.36. The van der Waals surface area contributed by atoms with Crippen molar-refractivity contribution in [3.05, 3.63) is 0 Å². The third kappa shape index (κ3) is 3.12. The lowest BCUT2D eigenvalue weighted by Gasteiger charge is -2.28. The van der Waals surface area contributed by atoms with E-state index in [4.69, 9.17) is 4.84 Å². The predicted molar refractivity (Wildman–Crippen MR) is 83.4 cm³/mol. The summed E-state index contributed by atoms with van der Waals surface area (Å²) in [7, 11) is -3.89. The summed E-state index contributed by atoms with van der Waals surface area (Å²) in [5.41, 5.74) is -0.574. The first kappa shape index (κ1) is 17.2. The van der Waals surface area contributed by atoms with Crippen molar-refractivity contribution in [1.29, 1.82) is 0 Å². The second kappa shape index (κ2) is 5.49. The van der Waals surface area contributed by atoms with Gasteiger partial charge in [0, 0.05) is 11.5 Å². The lowest BCUT2D eigenvalue weighted by Crippen LogP contribution is -2.55. The van der Waals surface area contributed by atoms with E-state index in [2.05, 4.69) is 14.6 Å². The van der Waals surface area contributed by atoms with Crippen molar-refractivity contribution >= 4 is 21.8 Å². The van der Waals surface area contributed by atoms with Gasteiger partial charge >= 0.3 is 10.2 Å². The van der Waals surface area contributed by atoms with Crippen LogP contribution in [0.2, 0.25) is 0 Å². The summed E-state index contributed by atoms with van der Waals surface area (Å²) in [6, 6.07) is -0.298. The Morgan fingerprint density at radius 2 is 2.05 bits per heavy atom. The molecule has 1 saturated carbocycles. The summed E-state index contributed by atoms with van der Waals surface area (Å²) in [5.74, 6) is -0.798. The first-order chi connectivity index (χ1) is 9.98. The minimum atomic E-state index is -3.89. The molecule has 1 amide bonds. The van der Waals surface area contributed by atoms with Crippen molar-refractivity contribution in [3.8, 4) is 0 Å². The molecule has 1 fully saturated rings. The molecular formula is C14H25N3O4S. The van der Waals surface area contributed by atoms with Gasteiger partial charge in [0.15, 0.2) is 0 Å². The van der Waals surface area contributed by atoms with Crippen LogP contribution in [0.15, 0.2) is 5.16 Å². The van der Waals surface area contributed by atoms with Crippen molar-refractivity contribution < 1.29 is 18.0 Å². The van der Waals surface area contributed by atoms with Crippen LogP contribution in [0, 0.1) is 11.3 Å². The molecule has 22 heavy (non-hydrogen) atoms. The van der Waals surface area contributed by atoms with Crippen molar-refractivity contribution in [2.45, 2.75) is 65.5 Å². The normalized spacial score (nSPS) is 28.3. The minimum Gasteiger partial charge on any atom is -0.378 e. The molecule has 2 aliphatic rings. The molecule has 8 heteroatoms. The van der Waals surface area contributed by atoms with Crippen LogP contribution in [-0.2, 0) is 19.8 Å². The Kier molecular flexibility index (Phi) is 4.29. The molecule has 1 aliphatic carbocycles. The maximum Gasteiger partial charge on any atom is 0.301 e. The van der Waals surface area contributed by atoms with Gasteiger partial charge in [-0.2, -0.15) is 13.1 Å². The van der Waals surface area contributed by atoms with Crippen LogP contribution in [0.3, 0.4) is 0 Å². The van der Waals surface area contributed by atoms with Gasteiger partial charge in [-0.15, -0.1) is 0 Å². The molecule has 2 rings (SSSR count). The summed E-state index contributed by atoms with van der Waals surface area (Å²) in [4.78, 5) is 18.1. The topological polar surface area (TPSA) is 96.9 Å². The molecule has 0 saturated heterocycles. The Hall–Kier alpha value is -1.15. The molecule has 0 aromatic heterocycles. The summed E-state index contributed by atoms with van der Waals surface area (Å²) in [6.45, 7) is 9.41. The maximum atomic E-state index is 12.6. The number of carbonyl (C=O) groups excluding carboxylic acids is 1. The van der Waals surface area contributed by atoms with Gasteiger partial charge in [0.25, 0.3) is 5.91 Å². The van der Waals surface area contributed by atoms with Crippen molar-refractivity contribution in [1.82, 2.24) is 9.44 Å². The van der Waals surface area contributed by atoms with E-state index in [1.54, 1.807) is 13.8 Å². The molecule has 0 spiro atoms. The van der Waals surface area contributed by atoms with Gasteiger partial charge in [-0.25, -0.2) is 4.72 Å². The third-order valence-electron chi connectivity index (χ3n) is 4.01. The van der Waals surface area contributed by atoms with E-state index >= 15 is 0 Å². The number of oxime groups is 1. The standard InChI is InChI=1S/C14H25N3O4S/c1-9(2)16-22(19,20)17-12(18)14-8-6-7-10(14)11(15-21-14)13(3,4)5/h9-10,16H,6-8H2,1-5H3,(H,17,18). The van der Waals surface area contributed by atoms with Gasteiger partial charge < -0.3 is 4.84 Å². The zero-order valence-electron chi connectivity index (χ0n) is 13.8. The molecule has 0 aromatic carbocycles. The van der Waals surface area contributed by atoms with Gasteiger partial charge in [0.1, 0.15) is 0 Å². The highest BCUT2D eigenvalue weighted by atomic mass is 32.2. The summed E-state index contributed by atoms with van der Waals surface area (Å²) in [5, 5.41) is 4.12. The van der Waals surface area contributed by atoms with E-state index in [9.17, 15) is 13.2 Å². The Balaban J connectivity index is 2.20. The zero-order chi connectivity index (χ0) is 16.8. The highest BCUT2D eigenvalue weighted by molar-refractivity contribution is 7.88. The second-order valence-corrected chi connectivity index (χ2v) is 8.81. The number of nitrogens with one attached hydrogen (secondary N) is 2. The van der Waals surface area contributed by atoms with Crippen molar-refractivity contribution in [3.63, 3.8) is 0 Å². The van der Waals surface area contributed by atoms with Crippen molar-refractivity contribution in [2.24, 2.45) is 16.5 Å². The fourth-order valence-corrected chi connectivity index (χ4v) is 4.25. The molecule has 0 bridgehead atoms. The first-order valence-corrected chi connectivity index (χ1v) is 9.07. The molecule has 0 radical (unpaired) electrons. The number of carbonyl (C=O) groups is 1. The highest BCUT2D eigenvalue weighted by Crippen LogP contribution is 2.47. The molecule has 2 unspecified atom stereocenters. The molecule has 2 atom stereocenters. The van der Waals surface area contributed by atoms with Gasteiger partial charge in [-0.1, -0.05) is 25.9 Å². The molecule has 1 aliphatic heterocycles. The monoisotopic (exact) mass is 331 g/mol. The number of amides is 1. The minimum absolute atomic E-state index is 0.165. The van der Waals surface area contributed by atoms with Gasteiger partial charge in [0.2, 0.25) is 5.60 Å². The zero-order valence-corrected chi connectivity index (χ0v) is 14.6. The molecule has 1 heterocycles. The quantitative estimate of drug-likeness (QED) is 0.812. The first-order valence-electron chi connectivity index (χ1n) is 7.59. The van der Waals surface area contributed by atoms with E-state index in [0.29, 0.717) is 6.42 Å². The largest absolute Gasteiger partial charge is 0.378 e. The van der Waals surface area contributed by atoms with Crippen LogP contribution < -0.4 is 9.44 Å². The smallest absolute Gasteiger partial charge is 0.301 e. The molecule has 0 aromatic rings. The number of fused-ring (bicyclic) bond motifs is 1.